The van der Waals surface area contributed by atoms with Gasteiger partial charge in [0.25, 0.3) is 0 Å². The summed E-state index contributed by atoms with van der Waals surface area (Å²) < 4.78 is 8.01. The maximum atomic E-state index is 9.99. The van der Waals surface area contributed by atoms with Gasteiger partial charge < -0.3 is 9.03 Å². The van der Waals surface area contributed by atoms with Gasteiger partial charge in [-0.2, -0.15) is 0 Å². The minimum absolute atomic E-state index is 0.353. The van der Waals surface area contributed by atoms with Crippen molar-refractivity contribution in [3.8, 4) is 0 Å². The number of carbonyl (C=O) groups excluding carboxylic acids is 1. The second kappa shape index (κ2) is 4.71. The summed E-state index contributed by atoms with van der Waals surface area (Å²) in [7, 11) is 0. The number of carbonyl (C=O) groups is 1. The van der Waals surface area contributed by atoms with Crippen molar-refractivity contribution in [2.24, 2.45) is 0 Å². The van der Waals surface area contributed by atoms with Gasteiger partial charge in [-0.25, -0.2) is 4.79 Å². The van der Waals surface area contributed by atoms with Gasteiger partial charge in [-0.05, 0) is 6.42 Å². The first kappa shape index (κ1) is 7.56. The predicted molar refractivity (Wildman–Crippen MR) is 28.6 cm³/mol. The Hall–Kier alpha value is -0.440. The average molecular weight is 139 g/mol. The molecule has 48 valence electrons. The molecule has 8 heavy (non-hydrogen) atoms. The predicted octanol–water partition coefficient (Wildman–Crippen LogP) is 1.70. The molecule has 0 aliphatic carbocycles. The van der Waals surface area contributed by atoms with Crippen LogP contribution in [0.3, 0.4) is 0 Å². The molecule has 0 atom stereocenters. The molecule has 0 aliphatic rings. The van der Waals surface area contributed by atoms with Crippen LogP contribution in [0.4, 0.5) is 4.79 Å². The van der Waals surface area contributed by atoms with Crippen molar-refractivity contribution in [1.82, 2.24) is 0 Å². The van der Waals surface area contributed by atoms with Crippen molar-refractivity contribution in [1.29, 1.82) is 0 Å². The average Bonchev–Trinajstić information content (AvgIpc) is 1.83. The molecule has 0 fully saturated rings. The monoisotopic (exact) mass is 138 g/mol. The summed E-state index contributed by atoms with van der Waals surface area (Å²) in [5.41, 5.74) is 0. The first-order chi connectivity index (χ1) is 3.81. The van der Waals surface area contributed by atoms with E-state index < -0.39 is 6.16 Å². The Labute approximate surface area is 52.7 Å². The first-order valence-electron chi connectivity index (χ1n) is 2.26. The zero-order valence-electron chi connectivity index (χ0n) is 4.52. The molecule has 0 saturated heterocycles. The van der Waals surface area contributed by atoms with E-state index in [-0.39, 0.29) is 0 Å². The first-order valence-corrected chi connectivity index (χ1v) is 2.57. The van der Waals surface area contributed by atoms with Crippen molar-refractivity contribution in [2.45, 2.75) is 13.3 Å². The molecule has 3 nitrogen and oxygen atoms in total. The maximum absolute atomic E-state index is 9.99. The Balaban J connectivity index is 2.99. The third kappa shape index (κ3) is 3.74. The van der Waals surface area contributed by atoms with E-state index >= 15 is 0 Å². The minimum Gasteiger partial charge on any atom is -0.433 e. The Morgan fingerprint density at radius 2 is 2.38 bits per heavy atom. The molecule has 0 aromatic carbocycles. The summed E-state index contributed by atoms with van der Waals surface area (Å²) >= 11 is 4.61. The lowest BCUT2D eigenvalue weighted by Crippen LogP contribution is -2.01. The highest BCUT2D eigenvalue weighted by Crippen LogP contribution is 1.88. The molecule has 0 N–H and O–H groups in total. The quantitative estimate of drug-likeness (QED) is 0.545. The van der Waals surface area contributed by atoms with Crippen LogP contribution in [0.1, 0.15) is 13.3 Å². The van der Waals surface area contributed by atoms with E-state index in [4.69, 9.17) is 0 Å². The SMILES string of the molecule is CCCOC(=O)OCl. The number of halogens is 1. The smallest absolute Gasteiger partial charge is 0.433 e. The molecule has 0 bridgehead atoms. The highest BCUT2D eigenvalue weighted by molar-refractivity contribution is 6.12. The van der Waals surface area contributed by atoms with Gasteiger partial charge in [0.1, 0.15) is 11.9 Å². The molecular weight excluding hydrogens is 131 g/mol. The van der Waals surface area contributed by atoms with Crippen molar-refractivity contribution >= 4 is 18.0 Å². The summed E-state index contributed by atoms with van der Waals surface area (Å²) in [6.45, 7) is 2.23. The maximum Gasteiger partial charge on any atom is 0.526 e. The number of hydrogen-bond acceptors (Lipinski definition) is 3. The molecule has 0 heterocycles. The van der Waals surface area contributed by atoms with E-state index in [1.165, 1.54) is 0 Å². The third-order valence-electron chi connectivity index (χ3n) is 0.487. The lowest BCUT2D eigenvalue weighted by atomic mass is 10.5. The highest BCUT2D eigenvalue weighted by Gasteiger charge is 1.97. The Bertz CT molecular complexity index is 73.7. The normalized spacial score (nSPS) is 8.25. The molecule has 0 saturated carbocycles. The van der Waals surface area contributed by atoms with Gasteiger partial charge >= 0.3 is 6.16 Å². The van der Waals surface area contributed by atoms with E-state index in [0.29, 0.717) is 6.61 Å². The van der Waals surface area contributed by atoms with Gasteiger partial charge in [-0.3, -0.25) is 0 Å². The van der Waals surface area contributed by atoms with Crippen molar-refractivity contribution in [3.63, 3.8) is 0 Å². The summed E-state index contributed by atoms with van der Waals surface area (Å²) in [5.74, 6) is 0. The minimum atomic E-state index is -0.839. The zero-order valence-corrected chi connectivity index (χ0v) is 5.27. The molecule has 0 aromatic rings. The van der Waals surface area contributed by atoms with Crippen molar-refractivity contribution in [3.05, 3.63) is 0 Å². The van der Waals surface area contributed by atoms with Crippen LogP contribution in [0.15, 0.2) is 0 Å². The van der Waals surface area contributed by atoms with Gasteiger partial charge in [0.2, 0.25) is 0 Å². The van der Waals surface area contributed by atoms with Gasteiger partial charge in [-0.15, -0.1) is 0 Å². The Kier molecular flexibility index (Phi) is 4.45. The summed E-state index contributed by atoms with van der Waals surface area (Å²) in [4.78, 5) is 9.99. The van der Waals surface area contributed by atoms with Crippen LogP contribution in [0.5, 0.6) is 0 Å². The third-order valence-corrected chi connectivity index (χ3v) is 0.613. The second-order valence-electron chi connectivity index (χ2n) is 1.18. The fraction of sp³-hybridized carbons (Fsp3) is 0.750. The standard InChI is InChI=1S/C4H7ClO3/c1-2-3-7-4(6)8-5/h2-3H2,1H3. The van der Waals surface area contributed by atoms with Crippen LogP contribution in [-0.4, -0.2) is 12.8 Å². The zero-order chi connectivity index (χ0) is 6.41. The summed E-state index contributed by atoms with van der Waals surface area (Å²) in [5, 5.41) is 0. The molecule has 0 unspecified atom stereocenters. The molecule has 0 amide bonds. The highest BCUT2D eigenvalue weighted by atomic mass is 35.5. The van der Waals surface area contributed by atoms with Gasteiger partial charge in [0.15, 0.2) is 0 Å². The van der Waals surface area contributed by atoms with Crippen LogP contribution in [0.2, 0.25) is 0 Å². The summed E-state index contributed by atoms with van der Waals surface area (Å²) in [6, 6.07) is 0. The van der Waals surface area contributed by atoms with Gasteiger partial charge in [-0.1, -0.05) is 6.92 Å². The molecule has 0 spiro atoms. The van der Waals surface area contributed by atoms with E-state index in [0.717, 1.165) is 6.42 Å². The van der Waals surface area contributed by atoms with E-state index in [1.807, 2.05) is 6.92 Å². The second-order valence-corrected chi connectivity index (χ2v) is 1.33. The van der Waals surface area contributed by atoms with Crippen LogP contribution in [0.25, 0.3) is 0 Å². The number of ether oxygens (including phenoxy) is 1. The van der Waals surface area contributed by atoms with Crippen molar-refractivity contribution in [2.75, 3.05) is 6.61 Å². The Morgan fingerprint density at radius 3 is 2.75 bits per heavy atom. The van der Waals surface area contributed by atoms with Gasteiger partial charge in [0, 0.05) is 0 Å². The Morgan fingerprint density at radius 1 is 1.75 bits per heavy atom. The van der Waals surface area contributed by atoms with Crippen molar-refractivity contribution < 1.29 is 13.8 Å². The largest absolute Gasteiger partial charge is 0.526 e. The number of hydrogen-bond donors (Lipinski definition) is 0. The van der Waals surface area contributed by atoms with Gasteiger partial charge in [0.05, 0.1) is 6.61 Å². The lowest BCUT2D eigenvalue weighted by molar-refractivity contribution is 0.103. The number of rotatable bonds is 2. The molecular formula is C4H7ClO3. The van der Waals surface area contributed by atoms with Crippen LogP contribution >= 0.6 is 11.9 Å². The fourth-order valence-electron chi connectivity index (χ4n) is 0.208. The van der Waals surface area contributed by atoms with E-state index in [1.54, 1.807) is 0 Å². The van der Waals surface area contributed by atoms with Crippen LogP contribution < -0.4 is 0 Å². The van der Waals surface area contributed by atoms with Crippen LogP contribution in [0, 0.1) is 0 Å². The molecule has 0 aliphatic heterocycles. The van der Waals surface area contributed by atoms with Crippen LogP contribution in [-0.2, 0) is 9.03 Å². The fourth-order valence-corrected chi connectivity index (χ4v) is 0.252. The molecule has 4 heteroatoms. The van der Waals surface area contributed by atoms with E-state index in [2.05, 4.69) is 20.9 Å². The lowest BCUT2D eigenvalue weighted by Gasteiger charge is -1.95. The molecule has 0 rings (SSSR count). The molecule has 0 radical (unpaired) electrons. The molecule has 0 aromatic heterocycles. The topological polar surface area (TPSA) is 35.5 Å². The van der Waals surface area contributed by atoms with E-state index in [9.17, 15) is 4.79 Å². The summed E-state index contributed by atoms with van der Waals surface area (Å²) in [6.07, 6.45) is -0.0695.